The fourth-order valence-electron chi connectivity index (χ4n) is 1.37. The van der Waals surface area contributed by atoms with Crippen molar-refractivity contribution in [1.82, 2.24) is 0 Å². The van der Waals surface area contributed by atoms with Crippen LogP contribution in [0.2, 0.25) is 0 Å². The summed E-state index contributed by atoms with van der Waals surface area (Å²) in [7, 11) is 0. The molecule has 0 spiro atoms. The summed E-state index contributed by atoms with van der Waals surface area (Å²) in [5.41, 5.74) is 6.72. The van der Waals surface area contributed by atoms with E-state index in [4.69, 9.17) is 5.73 Å². The molecule has 0 bridgehead atoms. The number of hydrogen-bond acceptors (Lipinski definition) is 4. The maximum absolute atomic E-state index is 10.8. The first-order valence-electron chi connectivity index (χ1n) is 4.84. The number of aryl methyl sites for hydroxylation is 1. The van der Waals surface area contributed by atoms with Crippen LogP contribution < -0.4 is 11.1 Å². The average Bonchev–Trinajstić information content (AvgIpc) is 2.17. The van der Waals surface area contributed by atoms with Crippen molar-refractivity contribution in [2.45, 2.75) is 13.3 Å². The number of nitrogens with one attached hydrogen (secondary N) is 1. The molecule has 0 aliphatic heterocycles. The van der Waals surface area contributed by atoms with Crippen molar-refractivity contribution >= 4 is 23.8 Å². The number of anilines is 1. The zero-order chi connectivity index (χ0) is 11.3. The molecule has 0 fully saturated rings. The van der Waals surface area contributed by atoms with Crippen LogP contribution in [0.5, 0.6) is 0 Å². The second-order valence-electron chi connectivity index (χ2n) is 3.30. The van der Waals surface area contributed by atoms with Crippen LogP contribution in [0.1, 0.15) is 12.0 Å². The van der Waals surface area contributed by atoms with Gasteiger partial charge in [0.15, 0.2) is 0 Å². The summed E-state index contributed by atoms with van der Waals surface area (Å²) in [6.45, 7) is 2.96. The quantitative estimate of drug-likeness (QED) is 0.473. The van der Waals surface area contributed by atoms with Gasteiger partial charge in [0.2, 0.25) is 0 Å². The molecule has 0 aromatic heterocycles. The summed E-state index contributed by atoms with van der Waals surface area (Å²) >= 11 is 0. The Kier molecular flexibility index (Phi) is 6.44. The van der Waals surface area contributed by atoms with E-state index in [1.54, 1.807) is 25.1 Å². The molecule has 5 nitrogen and oxygen atoms in total. The lowest BCUT2D eigenvalue weighted by molar-refractivity contribution is -0.384. The van der Waals surface area contributed by atoms with E-state index in [1.165, 1.54) is 0 Å². The van der Waals surface area contributed by atoms with Gasteiger partial charge in [0.25, 0.3) is 5.69 Å². The number of rotatable bonds is 5. The summed E-state index contributed by atoms with van der Waals surface area (Å²) in [4.78, 5) is 10.5. The Morgan fingerprint density at radius 2 is 2.19 bits per heavy atom. The Morgan fingerprint density at radius 3 is 2.75 bits per heavy atom. The molecule has 3 N–H and O–H groups in total. The molecule has 90 valence electrons. The largest absolute Gasteiger partial charge is 0.379 e. The number of halogens is 1. The maximum Gasteiger partial charge on any atom is 0.295 e. The first-order chi connectivity index (χ1) is 7.16. The molecule has 1 aromatic carbocycles. The molecule has 1 aromatic rings. The minimum absolute atomic E-state index is 0. The summed E-state index contributed by atoms with van der Waals surface area (Å²) in [5, 5.41) is 13.8. The van der Waals surface area contributed by atoms with Gasteiger partial charge in [-0.1, -0.05) is 12.1 Å². The Morgan fingerprint density at radius 1 is 1.50 bits per heavy atom. The SMILES string of the molecule is Cc1cccc(NCCCN)c1[N+](=O)[O-].Cl. The predicted octanol–water partition coefficient (Wildman–Crippen LogP) is 2.09. The van der Waals surface area contributed by atoms with Gasteiger partial charge < -0.3 is 11.1 Å². The number of nitro groups is 1. The summed E-state index contributed by atoms with van der Waals surface area (Å²) in [6, 6.07) is 5.24. The van der Waals surface area contributed by atoms with Gasteiger partial charge in [-0.15, -0.1) is 12.4 Å². The molecule has 0 saturated carbocycles. The van der Waals surface area contributed by atoms with Crippen LogP contribution in [0.3, 0.4) is 0 Å². The van der Waals surface area contributed by atoms with Gasteiger partial charge in [-0.2, -0.15) is 0 Å². The number of nitrogens with two attached hydrogens (primary N) is 1. The maximum atomic E-state index is 10.8. The van der Waals surface area contributed by atoms with Gasteiger partial charge in [-0.3, -0.25) is 10.1 Å². The molecule has 0 heterocycles. The van der Waals surface area contributed by atoms with Gasteiger partial charge in [-0.25, -0.2) is 0 Å². The van der Waals surface area contributed by atoms with Crippen molar-refractivity contribution in [1.29, 1.82) is 0 Å². The van der Waals surface area contributed by atoms with E-state index < -0.39 is 0 Å². The number of hydrogen-bond donors (Lipinski definition) is 2. The zero-order valence-corrected chi connectivity index (χ0v) is 9.92. The van der Waals surface area contributed by atoms with E-state index in [9.17, 15) is 10.1 Å². The Balaban J connectivity index is 0.00000225. The van der Waals surface area contributed by atoms with E-state index in [0.717, 1.165) is 6.42 Å². The predicted molar refractivity (Wildman–Crippen MR) is 67.2 cm³/mol. The average molecular weight is 246 g/mol. The molecule has 0 radical (unpaired) electrons. The van der Waals surface area contributed by atoms with E-state index in [-0.39, 0.29) is 23.0 Å². The normalized spacial score (nSPS) is 9.38. The van der Waals surface area contributed by atoms with E-state index in [0.29, 0.717) is 24.3 Å². The van der Waals surface area contributed by atoms with Crippen molar-refractivity contribution in [2.75, 3.05) is 18.4 Å². The van der Waals surface area contributed by atoms with Crippen LogP contribution in [-0.4, -0.2) is 18.0 Å². The molecule has 0 amide bonds. The van der Waals surface area contributed by atoms with Gasteiger partial charge in [0.05, 0.1) is 4.92 Å². The fraction of sp³-hybridized carbons (Fsp3) is 0.400. The van der Waals surface area contributed by atoms with Crippen LogP contribution in [0.15, 0.2) is 18.2 Å². The van der Waals surface area contributed by atoms with Crippen molar-refractivity contribution in [3.05, 3.63) is 33.9 Å². The lowest BCUT2D eigenvalue weighted by Crippen LogP contribution is -2.09. The first kappa shape index (κ1) is 14.7. The summed E-state index contributed by atoms with van der Waals surface area (Å²) in [5.74, 6) is 0. The van der Waals surface area contributed by atoms with E-state index >= 15 is 0 Å². The molecule has 0 aliphatic carbocycles. The number of nitrogens with zero attached hydrogens (tertiary/aromatic N) is 1. The van der Waals surface area contributed by atoms with Crippen LogP contribution in [0.25, 0.3) is 0 Å². The molecule has 0 atom stereocenters. The van der Waals surface area contributed by atoms with Gasteiger partial charge >= 0.3 is 0 Å². The molecule has 1 rings (SSSR count). The highest BCUT2D eigenvalue weighted by Gasteiger charge is 2.15. The minimum atomic E-state index is -0.361. The minimum Gasteiger partial charge on any atom is -0.379 e. The Bertz CT molecular complexity index is 358. The zero-order valence-electron chi connectivity index (χ0n) is 9.10. The van der Waals surface area contributed by atoms with Crippen LogP contribution >= 0.6 is 12.4 Å². The van der Waals surface area contributed by atoms with Crippen LogP contribution in [0, 0.1) is 17.0 Å². The molecule has 6 heteroatoms. The third-order valence-corrected chi connectivity index (χ3v) is 2.12. The van der Waals surface area contributed by atoms with Gasteiger partial charge in [0.1, 0.15) is 5.69 Å². The molecular weight excluding hydrogens is 230 g/mol. The van der Waals surface area contributed by atoms with Gasteiger partial charge in [0, 0.05) is 12.1 Å². The fourth-order valence-corrected chi connectivity index (χ4v) is 1.37. The monoisotopic (exact) mass is 245 g/mol. The smallest absolute Gasteiger partial charge is 0.295 e. The standard InChI is InChI=1S/C10H15N3O2.ClH/c1-8-4-2-5-9(10(8)13(14)15)12-7-3-6-11;/h2,4-5,12H,3,6-7,11H2,1H3;1H. The highest BCUT2D eigenvalue weighted by Crippen LogP contribution is 2.27. The Labute approximate surface area is 101 Å². The van der Waals surface area contributed by atoms with Crippen molar-refractivity contribution in [2.24, 2.45) is 5.73 Å². The molecule has 0 unspecified atom stereocenters. The topological polar surface area (TPSA) is 81.2 Å². The molecule has 0 aliphatic rings. The molecule has 16 heavy (non-hydrogen) atoms. The first-order valence-corrected chi connectivity index (χ1v) is 4.84. The summed E-state index contributed by atoms with van der Waals surface area (Å²) < 4.78 is 0. The number of nitro benzene ring substituents is 1. The summed E-state index contributed by atoms with van der Waals surface area (Å²) in [6.07, 6.45) is 0.797. The lowest BCUT2D eigenvalue weighted by Gasteiger charge is -2.07. The second-order valence-corrected chi connectivity index (χ2v) is 3.30. The highest BCUT2D eigenvalue weighted by atomic mass is 35.5. The Hall–Kier alpha value is -1.33. The van der Waals surface area contributed by atoms with Crippen LogP contribution in [-0.2, 0) is 0 Å². The third-order valence-electron chi connectivity index (χ3n) is 2.12. The molecular formula is C10H16ClN3O2. The van der Waals surface area contributed by atoms with Crippen molar-refractivity contribution < 1.29 is 4.92 Å². The second kappa shape index (κ2) is 7.03. The number of para-hydroxylation sites is 1. The van der Waals surface area contributed by atoms with Crippen molar-refractivity contribution in [3.63, 3.8) is 0 Å². The lowest BCUT2D eigenvalue weighted by atomic mass is 10.1. The van der Waals surface area contributed by atoms with E-state index in [2.05, 4.69) is 5.32 Å². The third kappa shape index (κ3) is 3.67. The number of benzene rings is 1. The van der Waals surface area contributed by atoms with E-state index in [1.807, 2.05) is 0 Å². The molecule has 0 saturated heterocycles. The van der Waals surface area contributed by atoms with Gasteiger partial charge in [-0.05, 0) is 26.0 Å². The van der Waals surface area contributed by atoms with Crippen molar-refractivity contribution in [3.8, 4) is 0 Å². The van der Waals surface area contributed by atoms with Crippen LogP contribution in [0.4, 0.5) is 11.4 Å². The highest BCUT2D eigenvalue weighted by molar-refractivity contribution is 5.85.